The maximum Gasteiger partial charge on any atom is 0.245 e. The number of hydrogen-bond donors (Lipinski definition) is 0. The van der Waals surface area contributed by atoms with Crippen molar-refractivity contribution in [1.29, 1.82) is 0 Å². The zero-order valence-electron chi connectivity index (χ0n) is 14.1. The molecular weight excluding hydrogens is 324 g/mol. The Morgan fingerprint density at radius 3 is 1.96 bits per heavy atom. The summed E-state index contributed by atoms with van der Waals surface area (Å²) in [4.78, 5) is 14.5. The lowest BCUT2D eigenvalue weighted by Gasteiger charge is -2.29. The third-order valence-electron chi connectivity index (χ3n) is 3.87. The number of hydrogen-bond acceptors (Lipinski definition) is 3. The highest BCUT2D eigenvalue weighted by Crippen LogP contribution is 2.24. The zero-order valence-corrected chi connectivity index (χ0v) is 14.9. The van der Waals surface area contributed by atoms with Crippen LogP contribution in [-0.4, -0.2) is 43.9 Å². The van der Waals surface area contributed by atoms with Crippen molar-refractivity contribution in [3.63, 3.8) is 0 Å². The van der Waals surface area contributed by atoms with Crippen molar-refractivity contribution in [2.24, 2.45) is 0 Å². The number of sulfonamides is 1. The second-order valence-corrected chi connectivity index (χ2v) is 7.81. The summed E-state index contributed by atoms with van der Waals surface area (Å²) in [5.41, 5.74) is 1.64. The van der Waals surface area contributed by atoms with Gasteiger partial charge in [-0.05, 0) is 11.1 Å². The van der Waals surface area contributed by atoms with E-state index in [0.717, 1.165) is 16.1 Å². The number of amides is 1. The molecule has 2 rings (SSSR count). The lowest BCUT2D eigenvalue weighted by atomic mass is 10.1. The molecule has 128 valence electrons. The molecule has 5 nitrogen and oxygen atoms in total. The maximum atomic E-state index is 13.0. The molecule has 0 spiro atoms. The van der Waals surface area contributed by atoms with Crippen LogP contribution < -0.4 is 0 Å². The predicted molar refractivity (Wildman–Crippen MR) is 94.7 cm³/mol. The third-order valence-corrected chi connectivity index (χ3v) is 5.13. The van der Waals surface area contributed by atoms with E-state index in [-0.39, 0.29) is 5.91 Å². The second-order valence-electron chi connectivity index (χ2n) is 5.77. The zero-order chi connectivity index (χ0) is 17.7. The van der Waals surface area contributed by atoms with Crippen LogP contribution in [0.15, 0.2) is 60.7 Å². The number of rotatable bonds is 6. The SMILES string of the molecule is CN(Cc1ccccc1)C(=O)[C@@H](c1ccccc1)N(C)S(C)(=O)=O. The van der Waals surface area contributed by atoms with Crippen molar-refractivity contribution in [3.05, 3.63) is 71.8 Å². The van der Waals surface area contributed by atoms with Crippen LogP contribution in [0.25, 0.3) is 0 Å². The van der Waals surface area contributed by atoms with Gasteiger partial charge in [-0.25, -0.2) is 8.42 Å². The van der Waals surface area contributed by atoms with Gasteiger partial charge in [0.25, 0.3) is 0 Å². The van der Waals surface area contributed by atoms with E-state index in [4.69, 9.17) is 0 Å². The molecule has 2 aromatic rings. The molecular formula is C18H22N2O3S. The van der Waals surface area contributed by atoms with E-state index in [9.17, 15) is 13.2 Å². The normalized spacial score (nSPS) is 12.8. The third kappa shape index (κ3) is 4.43. The van der Waals surface area contributed by atoms with Crippen LogP contribution in [0.2, 0.25) is 0 Å². The second kappa shape index (κ2) is 7.59. The fraction of sp³-hybridized carbons (Fsp3) is 0.278. The van der Waals surface area contributed by atoms with Crippen LogP contribution in [0, 0.1) is 0 Å². The molecule has 2 aromatic carbocycles. The van der Waals surface area contributed by atoms with Crippen molar-refractivity contribution in [3.8, 4) is 0 Å². The summed E-state index contributed by atoms with van der Waals surface area (Å²) in [5.74, 6) is -0.266. The van der Waals surface area contributed by atoms with Crippen molar-refractivity contribution < 1.29 is 13.2 Å². The molecule has 0 heterocycles. The van der Waals surface area contributed by atoms with E-state index in [1.807, 2.05) is 36.4 Å². The minimum atomic E-state index is -3.52. The Labute approximate surface area is 143 Å². The van der Waals surface area contributed by atoms with Crippen LogP contribution in [-0.2, 0) is 21.4 Å². The van der Waals surface area contributed by atoms with Gasteiger partial charge in [-0.1, -0.05) is 60.7 Å². The summed E-state index contributed by atoms with van der Waals surface area (Å²) in [6.07, 6.45) is 1.10. The van der Waals surface area contributed by atoms with E-state index >= 15 is 0 Å². The lowest BCUT2D eigenvalue weighted by Crippen LogP contribution is -2.41. The summed E-state index contributed by atoms with van der Waals surface area (Å²) >= 11 is 0. The predicted octanol–water partition coefficient (Wildman–Crippen LogP) is 2.28. The minimum Gasteiger partial charge on any atom is -0.340 e. The molecule has 0 bridgehead atoms. The summed E-state index contributed by atoms with van der Waals surface area (Å²) in [5, 5.41) is 0. The van der Waals surface area contributed by atoms with Crippen LogP contribution in [0.1, 0.15) is 17.2 Å². The highest BCUT2D eigenvalue weighted by atomic mass is 32.2. The number of likely N-dealkylation sites (N-methyl/N-ethyl adjacent to an activating group) is 2. The van der Waals surface area contributed by atoms with Crippen LogP contribution in [0.3, 0.4) is 0 Å². The van der Waals surface area contributed by atoms with Gasteiger partial charge in [-0.15, -0.1) is 0 Å². The first-order valence-electron chi connectivity index (χ1n) is 7.57. The van der Waals surface area contributed by atoms with E-state index < -0.39 is 16.1 Å². The Balaban J connectivity index is 2.31. The average Bonchev–Trinajstić information content (AvgIpc) is 2.56. The molecule has 0 aliphatic heterocycles. The first-order valence-corrected chi connectivity index (χ1v) is 9.42. The van der Waals surface area contributed by atoms with Gasteiger partial charge in [-0.3, -0.25) is 4.79 Å². The molecule has 24 heavy (non-hydrogen) atoms. The fourth-order valence-electron chi connectivity index (χ4n) is 2.48. The van der Waals surface area contributed by atoms with Gasteiger partial charge in [0.15, 0.2) is 0 Å². The molecule has 1 atom stereocenters. The molecule has 0 fully saturated rings. The van der Waals surface area contributed by atoms with Gasteiger partial charge < -0.3 is 4.90 Å². The number of carbonyl (C=O) groups excluding carboxylic acids is 1. The largest absolute Gasteiger partial charge is 0.340 e. The Kier molecular flexibility index (Phi) is 5.75. The Morgan fingerprint density at radius 2 is 1.46 bits per heavy atom. The van der Waals surface area contributed by atoms with Gasteiger partial charge in [0.2, 0.25) is 15.9 Å². The van der Waals surface area contributed by atoms with Gasteiger partial charge in [-0.2, -0.15) is 4.31 Å². The van der Waals surface area contributed by atoms with E-state index in [1.54, 1.807) is 36.2 Å². The molecule has 0 aliphatic carbocycles. The van der Waals surface area contributed by atoms with Crippen molar-refractivity contribution in [2.45, 2.75) is 12.6 Å². The fourth-order valence-corrected chi connectivity index (χ4v) is 3.07. The highest BCUT2D eigenvalue weighted by Gasteiger charge is 2.32. The summed E-state index contributed by atoms with van der Waals surface area (Å²) in [6.45, 7) is 0.417. The monoisotopic (exact) mass is 346 g/mol. The topological polar surface area (TPSA) is 57.7 Å². The Bertz CT molecular complexity index is 776. The number of nitrogens with zero attached hydrogens (tertiary/aromatic N) is 2. The Morgan fingerprint density at radius 1 is 0.958 bits per heavy atom. The maximum absolute atomic E-state index is 13.0. The van der Waals surface area contributed by atoms with Gasteiger partial charge in [0, 0.05) is 20.6 Å². The van der Waals surface area contributed by atoms with Crippen LogP contribution in [0.4, 0.5) is 0 Å². The average molecular weight is 346 g/mol. The number of benzene rings is 2. The first-order chi connectivity index (χ1) is 11.3. The van der Waals surface area contributed by atoms with Crippen LogP contribution >= 0.6 is 0 Å². The molecule has 0 saturated carbocycles. The van der Waals surface area contributed by atoms with Crippen molar-refractivity contribution >= 4 is 15.9 Å². The van der Waals surface area contributed by atoms with Crippen molar-refractivity contribution in [2.75, 3.05) is 20.4 Å². The van der Waals surface area contributed by atoms with Gasteiger partial charge >= 0.3 is 0 Å². The minimum absolute atomic E-state index is 0.266. The highest BCUT2D eigenvalue weighted by molar-refractivity contribution is 7.88. The Hall–Kier alpha value is -2.18. The molecule has 0 N–H and O–H groups in total. The van der Waals surface area contributed by atoms with E-state index in [0.29, 0.717) is 12.1 Å². The summed E-state index contributed by atoms with van der Waals surface area (Å²) < 4.78 is 25.1. The first kappa shape index (κ1) is 18.2. The molecule has 0 unspecified atom stereocenters. The van der Waals surface area contributed by atoms with E-state index in [2.05, 4.69) is 0 Å². The molecule has 0 saturated heterocycles. The van der Waals surface area contributed by atoms with Crippen molar-refractivity contribution in [1.82, 2.24) is 9.21 Å². The standard InChI is InChI=1S/C18H22N2O3S/c1-19(14-15-10-6-4-7-11-15)18(21)17(20(2)24(3,22)23)16-12-8-5-9-13-16/h4-13,17H,14H2,1-3H3/t17-/m1/s1. The van der Waals surface area contributed by atoms with Crippen LogP contribution in [0.5, 0.6) is 0 Å². The summed E-state index contributed by atoms with van der Waals surface area (Å²) in [6, 6.07) is 17.7. The molecule has 6 heteroatoms. The lowest BCUT2D eigenvalue weighted by molar-refractivity contribution is -0.134. The summed E-state index contributed by atoms with van der Waals surface area (Å²) in [7, 11) is -0.402. The molecule has 1 amide bonds. The smallest absolute Gasteiger partial charge is 0.245 e. The van der Waals surface area contributed by atoms with Gasteiger partial charge in [0.1, 0.15) is 6.04 Å². The number of carbonyl (C=O) groups is 1. The quantitative estimate of drug-likeness (QED) is 0.806. The molecule has 0 radical (unpaired) electrons. The van der Waals surface area contributed by atoms with E-state index in [1.165, 1.54) is 7.05 Å². The van der Waals surface area contributed by atoms with Gasteiger partial charge in [0.05, 0.1) is 6.26 Å². The molecule has 0 aliphatic rings. The molecule has 0 aromatic heterocycles.